The number of hydrogen-bond donors (Lipinski definition) is 1. The van der Waals surface area contributed by atoms with E-state index in [1.807, 2.05) is 0 Å². The second-order valence-electron chi connectivity index (χ2n) is 6.24. The molecule has 0 radical (unpaired) electrons. The smallest absolute Gasteiger partial charge is 0.0253 e. The van der Waals surface area contributed by atoms with Gasteiger partial charge in [-0.1, -0.05) is 25.5 Å². The second kappa shape index (κ2) is 6.55. The van der Waals surface area contributed by atoms with Crippen LogP contribution in [0.5, 0.6) is 0 Å². The van der Waals surface area contributed by atoms with Crippen LogP contribution in [0.25, 0.3) is 0 Å². The van der Waals surface area contributed by atoms with Gasteiger partial charge in [0.1, 0.15) is 0 Å². The van der Waals surface area contributed by atoms with Crippen molar-refractivity contribution in [1.29, 1.82) is 0 Å². The molecule has 1 N–H and O–H groups in total. The summed E-state index contributed by atoms with van der Waals surface area (Å²) in [6, 6.07) is 9.62. The molecule has 3 heteroatoms. The third-order valence-corrected chi connectivity index (χ3v) is 4.57. The van der Waals surface area contributed by atoms with E-state index in [-0.39, 0.29) is 5.54 Å². The maximum Gasteiger partial charge on any atom is 0.0253 e. The SMILES string of the molecule is CCCC1CNC(C)(C)CN1Cc1ccc(I)cc1. The third kappa shape index (κ3) is 4.43. The maximum absolute atomic E-state index is 3.68. The van der Waals surface area contributed by atoms with Crippen LogP contribution in [0.15, 0.2) is 24.3 Å². The number of rotatable bonds is 4. The first-order chi connectivity index (χ1) is 9.00. The van der Waals surface area contributed by atoms with E-state index in [0.717, 1.165) is 19.6 Å². The first kappa shape index (κ1) is 15.3. The molecule has 0 aliphatic carbocycles. The minimum absolute atomic E-state index is 0.230. The van der Waals surface area contributed by atoms with Crippen molar-refractivity contribution < 1.29 is 0 Å². The molecule has 0 bridgehead atoms. The molecular weight excluding hydrogens is 347 g/mol. The zero-order valence-electron chi connectivity index (χ0n) is 12.2. The predicted molar refractivity (Wildman–Crippen MR) is 90.3 cm³/mol. The lowest BCUT2D eigenvalue weighted by Gasteiger charge is -2.44. The van der Waals surface area contributed by atoms with Crippen molar-refractivity contribution in [2.24, 2.45) is 0 Å². The summed E-state index contributed by atoms with van der Waals surface area (Å²) in [6.45, 7) is 10.2. The van der Waals surface area contributed by atoms with Crippen molar-refractivity contribution in [2.45, 2.75) is 51.7 Å². The molecule has 1 heterocycles. The van der Waals surface area contributed by atoms with Crippen LogP contribution in [0.4, 0.5) is 0 Å². The molecule has 19 heavy (non-hydrogen) atoms. The molecule has 1 saturated heterocycles. The van der Waals surface area contributed by atoms with E-state index in [9.17, 15) is 0 Å². The topological polar surface area (TPSA) is 15.3 Å². The molecule has 106 valence electrons. The standard InChI is InChI=1S/C16H25IN2/c1-4-5-15-10-18-16(2,3)12-19(15)11-13-6-8-14(17)9-7-13/h6-9,15,18H,4-5,10-12H2,1-3H3. The Morgan fingerprint density at radius 2 is 2.00 bits per heavy atom. The highest BCUT2D eigenvalue weighted by Gasteiger charge is 2.31. The fourth-order valence-electron chi connectivity index (χ4n) is 2.84. The predicted octanol–water partition coefficient (Wildman–Crippen LogP) is 3.64. The Kier molecular flexibility index (Phi) is 5.26. The summed E-state index contributed by atoms with van der Waals surface area (Å²) < 4.78 is 1.31. The van der Waals surface area contributed by atoms with Gasteiger partial charge in [-0.25, -0.2) is 0 Å². The van der Waals surface area contributed by atoms with Crippen molar-refractivity contribution in [3.05, 3.63) is 33.4 Å². The van der Waals surface area contributed by atoms with Crippen molar-refractivity contribution in [3.8, 4) is 0 Å². The number of halogens is 1. The molecule has 2 nitrogen and oxygen atoms in total. The van der Waals surface area contributed by atoms with Crippen LogP contribution in [-0.2, 0) is 6.54 Å². The lowest BCUT2D eigenvalue weighted by atomic mass is 9.96. The van der Waals surface area contributed by atoms with E-state index < -0.39 is 0 Å². The van der Waals surface area contributed by atoms with Crippen molar-refractivity contribution in [3.63, 3.8) is 0 Å². The van der Waals surface area contributed by atoms with Crippen LogP contribution in [-0.4, -0.2) is 29.6 Å². The van der Waals surface area contributed by atoms with Crippen LogP contribution < -0.4 is 5.32 Å². The van der Waals surface area contributed by atoms with Gasteiger partial charge < -0.3 is 5.32 Å². The Hall–Kier alpha value is -0.130. The summed E-state index contributed by atoms with van der Waals surface area (Å²) in [5.41, 5.74) is 1.66. The molecule has 0 saturated carbocycles. The Morgan fingerprint density at radius 3 is 2.63 bits per heavy atom. The number of hydrogen-bond acceptors (Lipinski definition) is 2. The Labute approximate surface area is 131 Å². The summed E-state index contributed by atoms with van der Waals surface area (Å²) in [4.78, 5) is 2.65. The van der Waals surface area contributed by atoms with Gasteiger partial charge >= 0.3 is 0 Å². The van der Waals surface area contributed by atoms with Gasteiger partial charge in [0.2, 0.25) is 0 Å². The Balaban J connectivity index is 2.06. The normalized spacial score (nSPS) is 23.5. The van der Waals surface area contributed by atoms with E-state index in [2.05, 4.69) is 77.8 Å². The van der Waals surface area contributed by atoms with Crippen LogP contribution in [0.3, 0.4) is 0 Å². The summed E-state index contributed by atoms with van der Waals surface area (Å²) in [5.74, 6) is 0. The maximum atomic E-state index is 3.68. The van der Waals surface area contributed by atoms with Crippen molar-refractivity contribution in [1.82, 2.24) is 10.2 Å². The highest BCUT2D eigenvalue weighted by molar-refractivity contribution is 14.1. The molecule has 2 rings (SSSR count). The van der Waals surface area contributed by atoms with Gasteiger partial charge in [-0.3, -0.25) is 4.90 Å². The van der Waals surface area contributed by atoms with Gasteiger partial charge in [0.15, 0.2) is 0 Å². The molecule has 1 unspecified atom stereocenters. The molecule has 1 atom stereocenters. The van der Waals surface area contributed by atoms with E-state index >= 15 is 0 Å². The average Bonchev–Trinajstić information content (AvgIpc) is 2.35. The number of nitrogens with zero attached hydrogens (tertiary/aromatic N) is 1. The number of piperazine rings is 1. The van der Waals surface area contributed by atoms with E-state index in [1.54, 1.807) is 0 Å². The van der Waals surface area contributed by atoms with Gasteiger partial charge in [0, 0.05) is 34.8 Å². The van der Waals surface area contributed by atoms with Crippen molar-refractivity contribution >= 4 is 22.6 Å². The second-order valence-corrected chi connectivity index (χ2v) is 7.48. The van der Waals surface area contributed by atoms with Crippen molar-refractivity contribution in [2.75, 3.05) is 13.1 Å². The van der Waals surface area contributed by atoms with Gasteiger partial charge in [-0.05, 0) is 60.6 Å². The monoisotopic (exact) mass is 372 g/mol. The highest BCUT2D eigenvalue weighted by Crippen LogP contribution is 2.21. The fourth-order valence-corrected chi connectivity index (χ4v) is 3.20. The minimum atomic E-state index is 0.230. The molecule has 0 amide bonds. The van der Waals surface area contributed by atoms with Crippen LogP contribution in [0.2, 0.25) is 0 Å². The first-order valence-electron chi connectivity index (χ1n) is 7.24. The number of benzene rings is 1. The van der Waals surface area contributed by atoms with Gasteiger partial charge in [-0.2, -0.15) is 0 Å². The lowest BCUT2D eigenvalue weighted by Crippen LogP contribution is -2.61. The zero-order valence-corrected chi connectivity index (χ0v) is 14.4. The van der Waals surface area contributed by atoms with Gasteiger partial charge in [-0.15, -0.1) is 0 Å². The molecule has 1 aromatic rings. The van der Waals surface area contributed by atoms with E-state index in [4.69, 9.17) is 0 Å². The Bertz CT molecular complexity index is 400. The highest BCUT2D eigenvalue weighted by atomic mass is 127. The number of nitrogens with one attached hydrogen (secondary N) is 1. The lowest BCUT2D eigenvalue weighted by molar-refractivity contribution is 0.0827. The zero-order chi connectivity index (χ0) is 13.9. The largest absolute Gasteiger partial charge is 0.309 e. The summed E-state index contributed by atoms with van der Waals surface area (Å²) >= 11 is 2.37. The fraction of sp³-hybridized carbons (Fsp3) is 0.625. The summed E-state index contributed by atoms with van der Waals surface area (Å²) in [6.07, 6.45) is 2.55. The average molecular weight is 372 g/mol. The Morgan fingerprint density at radius 1 is 1.32 bits per heavy atom. The van der Waals surface area contributed by atoms with Gasteiger partial charge in [0.05, 0.1) is 0 Å². The van der Waals surface area contributed by atoms with Crippen LogP contribution >= 0.6 is 22.6 Å². The minimum Gasteiger partial charge on any atom is -0.309 e. The molecule has 0 spiro atoms. The molecule has 1 aromatic carbocycles. The molecule has 1 aliphatic heterocycles. The summed E-state index contributed by atoms with van der Waals surface area (Å²) in [7, 11) is 0. The van der Waals surface area contributed by atoms with E-state index in [1.165, 1.54) is 22.0 Å². The molecule has 1 aliphatic rings. The van der Waals surface area contributed by atoms with Crippen LogP contribution in [0, 0.1) is 3.57 Å². The first-order valence-corrected chi connectivity index (χ1v) is 8.31. The molecule has 1 fully saturated rings. The molecular formula is C16H25IN2. The van der Waals surface area contributed by atoms with E-state index in [0.29, 0.717) is 6.04 Å². The van der Waals surface area contributed by atoms with Gasteiger partial charge in [0.25, 0.3) is 0 Å². The quantitative estimate of drug-likeness (QED) is 0.812. The third-order valence-electron chi connectivity index (χ3n) is 3.85. The molecule has 0 aromatic heterocycles. The van der Waals surface area contributed by atoms with Crippen LogP contribution in [0.1, 0.15) is 39.2 Å². The summed E-state index contributed by atoms with van der Waals surface area (Å²) in [5, 5.41) is 3.68.